The van der Waals surface area contributed by atoms with Crippen molar-refractivity contribution in [2.45, 2.75) is 26.7 Å². The summed E-state index contributed by atoms with van der Waals surface area (Å²) in [7, 11) is 2.70. The van der Waals surface area contributed by atoms with Crippen LogP contribution in [0, 0.1) is 17.3 Å². The van der Waals surface area contributed by atoms with E-state index in [1.807, 2.05) is 13.8 Å². The average Bonchev–Trinajstić information content (AvgIpc) is 2.52. The van der Waals surface area contributed by atoms with Crippen LogP contribution in [0.4, 0.5) is 0 Å². The normalized spacial score (nSPS) is 28.5. The van der Waals surface area contributed by atoms with Gasteiger partial charge in [-0.25, -0.2) is 0 Å². The van der Waals surface area contributed by atoms with Crippen molar-refractivity contribution in [3.05, 3.63) is 0 Å². The Bertz CT molecular complexity index is 244. The Kier molecular flexibility index (Phi) is 3.37. The first-order chi connectivity index (χ1) is 6.91. The van der Waals surface area contributed by atoms with Gasteiger partial charge in [0.05, 0.1) is 26.1 Å². The summed E-state index contributed by atoms with van der Waals surface area (Å²) in [6.07, 6.45) is 1.36. The third-order valence-corrected chi connectivity index (χ3v) is 3.04. The van der Waals surface area contributed by atoms with Crippen molar-refractivity contribution in [3.63, 3.8) is 0 Å². The molecule has 1 fully saturated rings. The molecule has 2 atom stereocenters. The number of esters is 2. The molecule has 0 amide bonds. The van der Waals surface area contributed by atoms with Crippen LogP contribution in [0.25, 0.3) is 0 Å². The maximum absolute atomic E-state index is 11.5. The van der Waals surface area contributed by atoms with Crippen LogP contribution in [0.3, 0.4) is 0 Å². The fourth-order valence-electron chi connectivity index (χ4n) is 2.36. The fourth-order valence-corrected chi connectivity index (χ4v) is 2.36. The summed E-state index contributed by atoms with van der Waals surface area (Å²) in [5.41, 5.74) is -0.00227. The van der Waals surface area contributed by atoms with Crippen molar-refractivity contribution in [2.24, 2.45) is 17.3 Å². The van der Waals surface area contributed by atoms with E-state index in [1.165, 1.54) is 14.2 Å². The topological polar surface area (TPSA) is 52.6 Å². The molecule has 0 saturated heterocycles. The maximum Gasteiger partial charge on any atom is 0.309 e. The lowest BCUT2D eigenvalue weighted by atomic mass is 9.90. The molecule has 0 aliphatic heterocycles. The largest absolute Gasteiger partial charge is 0.469 e. The Morgan fingerprint density at radius 2 is 1.33 bits per heavy atom. The summed E-state index contributed by atoms with van der Waals surface area (Å²) in [5.74, 6) is -1.32. The van der Waals surface area contributed by atoms with E-state index in [2.05, 4.69) is 0 Å². The molecule has 0 aromatic heterocycles. The van der Waals surface area contributed by atoms with Crippen LogP contribution in [-0.4, -0.2) is 26.2 Å². The van der Waals surface area contributed by atoms with E-state index < -0.39 is 0 Å². The van der Waals surface area contributed by atoms with Crippen molar-refractivity contribution in [3.8, 4) is 0 Å². The molecule has 0 radical (unpaired) electrons. The van der Waals surface area contributed by atoms with Gasteiger partial charge in [0.2, 0.25) is 0 Å². The van der Waals surface area contributed by atoms with Gasteiger partial charge >= 0.3 is 11.9 Å². The van der Waals surface area contributed by atoms with E-state index in [4.69, 9.17) is 9.47 Å². The van der Waals surface area contributed by atoms with E-state index in [0.717, 1.165) is 0 Å². The van der Waals surface area contributed by atoms with E-state index in [1.54, 1.807) is 0 Å². The highest BCUT2D eigenvalue weighted by Gasteiger charge is 2.47. The predicted octanol–water partition coefficient (Wildman–Crippen LogP) is 1.38. The number of carbonyl (C=O) groups excluding carboxylic acids is 2. The number of ether oxygens (including phenoxy) is 2. The molecule has 15 heavy (non-hydrogen) atoms. The second kappa shape index (κ2) is 4.21. The standard InChI is InChI=1S/C11H18O4/c1-11(2)5-7(9(12)14-3)8(6-11)10(13)15-4/h7-8H,5-6H2,1-4H3/t7-,8?/m1/s1. The summed E-state index contributed by atoms with van der Waals surface area (Å²) < 4.78 is 9.41. The number of hydrogen-bond acceptors (Lipinski definition) is 4. The fraction of sp³-hybridized carbons (Fsp3) is 0.818. The molecule has 0 spiro atoms. The van der Waals surface area contributed by atoms with Gasteiger partial charge in [0.25, 0.3) is 0 Å². The first-order valence-corrected chi connectivity index (χ1v) is 5.07. The molecule has 0 aromatic carbocycles. The Hall–Kier alpha value is -1.06. The van der Waals surface area contributed by atoms with Gasteiger partial charge in [-0.05, 0) is 18.3 Å². The van der Waals surface area contributed by atoms with Gasteiger partial charge in [0, 0.05) is 0 Å². The van der Waals surface area contributed by atoms with Crippen LogP contribution in [0.15, 0.2) is 0 Å². The third-order valence-electron chi connectivity index (χ3n) is 3.04. The van der Waals surface area contributed by atoms with Crippen molar-refractivity contribution < 1.29 is 19.1 Å². The lowest BCUT2D eigenvalue weighted by Gasteiger charge is -2.15. The number of methoxy groups -OCH3 is 2. The number of carbonyl (C=O) groups is 2. The molecule has 0 aromatic rings. The highest BCUT2D eigenvalue weighted by atomic mass is 16.5. The Balaban J connectivity index is 2.83. The van der Waals surface area contributed by atoms with E-state index >= 15 is 0 Å². The minimum atomic E-state index is -0.350. The van der Waals surface area contributed by atoms with Crippen LogP contribution in [0.5, 0.6) is 0 Å². The van der Waals surface area contributed by atoms with Crippen LogP contribution in [0.2, 0.25) is 0 Å². The molecular formula is C11H18O4. The predicted molar refractivity (Wildman–Crippen MR) is 54.0 cm³/mol. The Morgan fingerprint density at radius 1 is 1.00 bits per heavy atom. The lowest BCUT2D eigenvalue weighted by Crippen LogP contribution is -2.27. The van der Waals surface area contributed by atoms with Gasteiger partial charge in [0.1, 0.15) is 0 Å². The van der Waals surface area contributed by atoms with E-state index in [9.17, 15) is 9.59 Å². The molecule has 1 aliphatic carbocycles. The molecule has 86 valence electrons. The Labute approximate surface area is 89.9 Å². The van der Waals surface area contributed by atoms with Gasteiger partial charge in [-0.1, -0.05) is 13.8 Å². The van der Waals surface area contributed by atoms with Crippen molar-refractivity contribution in [1.82, 2.24) is 0 Å². The molecule has 1 unspecified atom stereocenters. The van der Waals surface area contributed by atoms with Gasteiger partial charge in [-0.15, -0.1) is 0 Å². The van der Waals surface area contributed by atoms with Gasteiger partial charge in [0.15, 0.2) is 0 Å². The minimum absolute atomic E-state index is 0.00227. The van der Waals surface area contributed by atoms with E-state index in [0.29, 0.717) is 12.8 Å². The first kappa shape index (κ1) is 12.0. The zero-order valence-electron chi connectivity index (χ0n) is 9.70. The molecular weight excluding hydrogens is 196 g/mol. The van der Waals surface area contributed by atoms with Crippen molar-refractivity contribution >= 4 is 11.9 Å². The SMILES string of the molecule is COC(=O)C1CC(C)(C)C[C@H]1C(=O)OC. The third kappa shape index (κ3) is 2.49. The second-order valence-electron chi connectivity index (χ2n) is 4.83. The summed E-state index contributed by atoms with van der Waals surface area (Å²) in [6, 6.07) is 0. The zero-order chi connectivity index (χ0) is 11.6. The van der Waals surface area contributed by atoms with Crippen LogP contribution in [0.1, 0.15) is 26.7 Å². The number of hydrogen-bond donors (Lipinski definition) is 0. The highest BCUT2D eigenvalue weighted by Crippen LogP contribution is 2.45. The van der Waals surface area contributed by atoms with Gasteiger partial charge in [-0.2, -0.15) is 0 Å². The zero-order valence-corrected chi connectivity index (χ0v) is 9.70. The molecule has 1 aliphatic rings. The van der Waals surface area contributed by atoms with Crippen LogP contribution < -0.4 is 0 Å². The average molecular weight is 214 g/mol. The maximum atomic E-state index is 11.5. The lowest BCUT2D eigenvalue weighted by molar-refractivity contribution is -0.156. The highest BCUT2D eigenvalue weighted by molar-refractivity contribution is 5.82. The summed E-state index contributed by atoms with van der Waals surface area (Å²) in [4.78, 5) is 23.0. The molecule has 0 bridgehead atoms. The summed E-state index contributed by atoms with van der Waals surface area (Å²) in [6.45, 7) is 4.10. The minimum Gasteiger partial charge on any atom is -0.469 e. The van der Waals surface area contributed by atoms with Crippen LogP contribution >= 0.6 is 0 Å². The number of rotatable bonds is 2. The summed E-state index contributed by atoms with van der Waals surface area (Å²) in [5, 5.41) is 0. The molecule has 0 N–H and O–H groups in total. The first-order valence-electron chi connectivity index (χ1n) is 5.07. The second-order valence-corrected chi connectivity index (χ2v) is 4.83. The van der Waals surface area contributed by atoms with E-state index in [-0.39, 0.29) is 29.2 Å². The monoisotopic (exact) mass is 214 g/mol. The smallest absolute Gasteiger partial charge is 0.309 e. The molecule has 4 nitrogen and oxygen atoms in total. The Morgan fingerprint density at radius 3 is 1.60 bits per heavy atom. The van der Waals surface area contributed by atoms with Gasteiger partial charge in [-0.3, -0.25) is 9.59 Å². The molecule has 1 rings (SSSR count). The van der Waals surface area contributed by atoms with Gasteiger partial charge < -0.3 is 9.47 Å². The summed E-state index contributed by atoms with van der Waals surface area (Å²) >= 11 is 0. The molecule has 1 saturated carbocycles. The van der Waals surface area contributed by atoms with Crippen molar-refractivity contribution in [2.75, 3.05) is 14.2 Å². The molecule has 0 heterocycles. The van der Waals surface area contributed by atoms with Crippen LogP contribution in [-0.2, 0) is 19.1 Å². The molecule has 4 heteroatoms. The van der Waals surface area contributed by atoms with Crippen molar-refractivity contribution in [1.29, 1.82) is 0 Å². The quantitative estimate of drug-likeness (QED) is 0.652.